The van der Waals surface area contributed by atoms with Gasteiger partial charge in [-0.05, 0) is 29.9 Å². The number of thiophene rings is 1. The molecule has 0 spiro atoms. The number of anilines is 1. The van der Waals surface area contributed by atoms with E-state index in [4.69, 9.17) is 4.42 Å². The second kappa shape index (κ2) is 7.82. The molecule has 2 aromatic heterocycles. The fraction of sp³-hybridized carbons (Fsp3) is 0.278. The van der Waals surface area contributed by atoms with Crippen molar-refractivity contribution in [2.24, 2.45) is 0 Å². The van der Waals surface area contributed by atoms with E-state index in [-0.39, 0.29) is 10.2 Å². The van der Waals surface area contributed by atoms with Gasteiger partial charge in [0, 0.05) is 6.54 Å². The molecule has 28 heavy (non-hydrogen) atoms. The van der Waals surface area contributed by atoms with Gasteiger partial charge in [0.1, 0.15) is 10.3 Å². The van der Waals surface area contributed by atoms with Crippen molar-refractivity contribution in [1.29, 1.82) is 0 Å². The van der Waals surface area contributed by atoms with Crippen LogP contribution >= 0.6 is 11.3 Å². The maximum absolute atomic E-state index is 12.8. The first kappa shape index (κ1) is 18.8. The summed E-state index contributed by atoms with van der Waals surface area (Å²) < 4.78 is 32.5. The zero-order chi connectivity index (χ0) is 19.6. The first-order valence-electron chi connectivity index (χ1n) is 8.76. The SMILES string of the molecule is O=C(Nc1nnc(Cc2ccccc2)o1)C1CCCN1S(=O)(=O)c1cccs1. The molecular weight excluding hydrogens is 400 g/mol. The summed E-state index contributed by atoms with van der Waals surface area (Å²) in [6.07, 6.45) is 1.51. The molecule has 1 aromatic carbocycles. The van der Waals surface area contributed by atoms with E-state index in [2.05, 4.69) is 15.5 Å². The predicted molar refractivity (Wildman–Crippen MR) is 103 cm³/mol. The van der Waals surface area contributed by atoms with Gasteiger partial charge >= 0.3 is 6.01 Å². The van der Waals surface area contributed by atoms with Crippen LogP contribution in [0.1, 0.15) is 24.3 Å². The summed E-state index contributed by atoms with van der Waals surface area (Å²) >= 11 is 1.14. The van der Waals surface area contributed by atoms with Gasteiger partial charge in [-0.2, -0.15) is 4.31 Å². The van der Waals surface area contributed by atoms with Crippen LogP contribution in [0.5, 0.6) is 0 Å². The number of nitrogens with zero attached hydrogens (tertiary/aromatic N) is 3. The van der Waals surface area contributed by atoms with E-state index < -0.39 is 22.0 Å². The third-order valence-electron chi connectivity index (χ3n) is 4.46. The van der Waals surface area contributed by atoms with Crippen LogP contribution in [-0.2, 0) is 21.2 Å². The van der Waals surface area contributed by atoms with E-state index in [1.165, 1.54) is 4.31 Å². The summed E-state index contributed by atoms with van der Waals surface area (Å²) in [7, 11) is -3.69. The molecule has 1 amide bonds. The molecule has 4 rings (SSSR count). The number of rotatable bonds is 6. The average molecular weight is 419 g/mol. The van der Waals surface area contributed by atoms with Crippen LogP contribution in [0.3, 0.4) is 0 Å². The molecule has 0 aliphatic carbocycles. The third-order valence-corrected chi connectivity index (χ3v) is 7.74. The first-order valence-corrected chi connectivity index (χ1v) is 11.1. The van der Waals surface area contributed by atoms with Crippen molar-refractivity contribution in [2.45, 2.75) is 29.5 Å². The van der Waals surface area contributed by atoms with Gasteiger partial charge in [0.25, 0.3) is 10.0 Å². The van der Waals surface area contributed by atoms with Crippen LogP contribution in [0.15, 0.2) is 56.5 Å². The molecule has 3 aromatic rings. The molecule has 0 radical (unpaired) electrons. The van der Waals surface area contributed by atoms with E-state index in [0.717, 1.165) is 16.9 Å². The minimum absolute atomic E-state index is 0.0312. The molecule has 146 valence electrons. The number of benzene rings is 1. The molecular formula is C18H18N4O4S2. The predicted octanol–water partition coefficient (Wildman–Crippen LogP) is 2.51. The molecule has 1 fully saturated rings. The Morgan fingerprint density at radius 3 is 2.79 bits per heavy atom. The Labute approximate surface area is 166 Å². The number of carbonyl (C=O) groups excluding carboxylic acids is 1. The number of hydrogen-bond donors (Lipinski definition) is 1. The van der Waals surface area contributed by atoms with Crippen molar-refractivity contribution >= 4 is 33.3 Å². The van der Waals surface area contributed by atoms with Gasteiger partial charge in [0.2, 0.25) is 11.8 Å². The molecule has 3 heterocycles. The highest BCUT2D eigenvalue weighted by Crippen LogP contribution is 2.29. The molecule has 1 aliphatic rings. The fourth-order valence-electron chi connectivity index (χ4n) is 3.15. The zero-order valence-corrected chi connectivity index (χ0v) is 16.4. The Kier molecular flexibility index (Phi) is 5.25. The van der Waals surface area contributed by atoms with Crippen molar-refractivity contribution in [3.05, 3.63) is 59.3 Å². The Bertz CT molecular complexity index is 1050. The van der Waals surface area contributed by atoms with Crippen LogP contribution in [-0.4, -0.2) is 41.4 Å². The fourth-order valence-corrected chi connectivity index (χ4v) is 5.93. The van der Waals surface area contributed by atoms with E-state index in [1.54, 1.807) is 17.5 Å². The van der Waals surface area contributed by atoms with E-state index in [1.807, 2.05) is 30.3 Å². The second-order valence-corrected chi connectivity index (χ2v) is 9.42. The Morgan fingerprint density at radius 2 is 2.04 bits per heavy atom. The van der Waals surface area contributed by atoms with Crippen molar-refractivity contribution in [1.82, 2.24) is 14.5 Å². The van der Waals surface area contributed by atoms with Crippen LogP contribution in [0.4, 0.5) is 6.01 Å². The normalized spacial score (nSPS) is 17.6. The highest BCUT2D eigenvalue weighted by Gasteiger charge is 2.40. The quantitative estimate of drug-likeness (QED) is 0.659. The van der Waals surface area contributed by atoms with Crippen LogP contribution < -0.4 is 5.32 Å². The second-order valence-electron chi connectivity index (χ2n) is 6.36. The zero-order valence-electron chi connectivity index (χ0n) is 14.8. The van der Waals surface area contributed by atoms with Gasteiger partial charge in [0.05, 0.1) is 6.42 Å². The summed E-state index contributed by atoms with van der Waals surface area (Å²) in [5.74, 6) is -0.0940. The van der Waals surface area contributed by atoms with Gasteiger partial charge in [-0.1, -0.05) is 41.5 Å². The standard InChI is InChI=1S/C18H18N4O4S2/c23-17(14-8-4-10-22(14)28(24,25)16-9-5-11-27-16)19-18-21-20-15(26-18)12-13-6-2-1-3-7-13/h1-3,5-7,9,11,14H,4,8,10,12H2,(H,19,21,23). The largest absolute Gasteiger partial charge is 0.407 e. The monoisotopic (exact) mass is 418 g/mol. The van der Waals surface area contributed by atoms with Crippen molar-refractivity contribution in [3.63, 3.8) is 0 Å². The maximum atomic E-state index is 12.8. The molecule has 1 unspecified atom stereocenters. The molecule has 0 saturated carbocycles. The number of sulfonamides is 1. The lowest BCUT2D eigenvalue weighted by Gasteiger charge is -2.21. The molecule has 1 saturated heterocycles. The first-order chi connectivity index (χ1) is 13.5. The number of nitrogens with one attached hydrogen (secondary N) is 1. The number of hydrogen-bond acceptors (Lipinski definition) is 7. The lowest BCUT2D eigenvalue weighted by molar-refractivity contribution is -0.119. The highest BCUT2D eigenvalue weighted by atomic mass is 32.2. The lowest BCUT2D eigenvalue weighted by Crippen LogP contribution is -2.42. The van der Waals surface area contributed by atoms with Crippen LogP contribution in [0.2, 0.25) is 0 Å². The van der Waals surface area contributed by atoms with E-state index in [0.29, 0.717) is 31.7 Å². The van der Waals surface area contributed by atoms with E-state index >= 15 is 0 Å². The van der Waals surface area contributed by atoms with Crippen molar-refractivity contribution in [3.8, 4) is 0 Å². The number of aromatic nitrogens is 2. The van der Waals surface area contributed by atoms with E-state index in [9.17, 15) is 13.2 Å². The third kappa shape index (κ3) is 3.84. The highest BCUT2D eigenvalue weighted by molar-refractivity contribution is 7.91. The number of amides is 1. The molecule has 0 bridgehead atoms. The molecule has 1 atom stereocenters. The molecule has 1 aliphatic heterocycles. The smallest absolute Gasteiger partial charge is 0.322 e. The summed E-state index contributed by atoms with van der Waals surface area (Å²) in [5, 5.41) is 12.0. The lowest BCUT2D eigenvalue weighted by atomic mass is 10.2. The van der Waals surface area contributed by atoms with Crippen molar-refractivity contribution in [2.75, 3.05) is 11.9 Å². The number of carbonyl (C=O) groups is 1. The molecule has 8 nitrogen and oxygen atoms in total. The summed E-state index contributed by atoms with van der Waals surface area (Å²) in [5.41, 5.74) is 1.01. The van der Waals surface area contributed by atoms with Gasteiger partial charge in [-0.15, -0.1) is 16.4 Å². The Morgan fingerprint density at radius 1 is 1.21 bits per heavy atom. The van der Waals surface area contributed by atoms with Gasteiger partial charge in [-0.25, -0.2) is 8.42 Å². The maximum Gasteiger partial charge on any atom is 0.322 e. The molecule has 1 N–H and O–H groups in total. The average Bonchev–Trinajstić information content (AvgIpc) is 3.44. The molecule has 10 heteroatoms. The van der Waals surface area contributed by atoms with Gasteiger partial charge < -0.3 is 4.42 Å². The van der Waals surface area contributed by atoms with Crippen LogP contribution in [0, 0.1) is 0 Å². The Hall–Kier alpha value is -2.56. The topological polar surface area (TPSA) is 105 Å². The summed E-state index contributed by atoms with van der Waals surface area (Å²) in [6, 6.07) is 12.0. The van der Waals surface area contributed by atoms with Crippen molar-refractivity contribution < 1.29 is 17.6 Å². The Balaban J connectivity index is 1.45. The summed E-state index contributed by atoms with van der Waals surface area (Å²) in [4.78, 5) is 12.7. The minimum atomic E-state index is -3.69. The minimum Gasteiger partial charge on any atom is -0.407 e. The van der Waals surface area contributed by atoms with Gasteiger partial charge in [0.15, 0.2) is 0 Å². The van der Waals surface area contributed by atoms with Gasteiger partial charge in [-0.3, -0.25) is 10.1 Å². The van der Waals surface area contributed by atoms with Crippen LogP contribution in [0.25, 0.3) is 0 Å². The summed E-state index contributed by atoms with van der Waals surface area (Å²) in [6.45, 7) is 0.307.